The SMILES string of the molecule is CC/C=C\C/C=C\C/C=C\C/C=C\CCCCCCCCCOCC(COP(=O)(O)OCC[N+](C)(C)C)OC(=O)CCCCCCCCCCCCCCC. The highest BCUT2D eigenvalue weighted by Crippen LogP contribution is 2.43. The van der Waals surface area contributed by atoms with E-state index in [-0.39, 0.29) is 25.8 Å². The number of carbonyl (C=O) groups excluding carboxylic acids is 1. The van der Waals surface area contributed by atoms with Gasteiger partial charge in [-0.25, -0.2) is 4.57 Å². The molecule has 0 saturated carbocycles. The summed E-state index contributed by atoms with van der Waals surface area (Å²) < 4.78 is 35.0. The third-order valence-corrected chi connectivity index (χ3v) is 10.4. The molecule has 9 heteroatoms. The lowest BCUT2D eigenvalue weighted by atomic mass is 10.0. The Morgan fingerprint density at radius 2 is 1.05 bits per heavy atom. The number of allylic oxidation sites excluding steroid dienone is 8. The molecule has 0 rings (SSSR count). The average molecular weight is 797 g/mol. The summed E-state index contributed by atoms with van der Waals surface area (Å²) in [6, 6.07) is 0. The summed E-state index contributed by atoms with van der Waals surface area (Å²) in [5.41, 5.74) is 0. The second-order valence-corrected chi connectivity index (χ2v) is 17.5. The predicted molar refractivity (Wildman–Crippen MR) is 233 cm³/mol. The summed E-state index contributed by atoms with van der Waals surface area (Å²) in [4.78, 5) is 22.9. The maximum Gasteiger partial charge on any atom is 0.472 e. The standard InChI is InChI=1S/C46H86NO7P/c1-6-8-10-12-14-16-18-20-21-22-23-24-25-26-28-30-32-34-36-38-41-51-43-45(44-53-55(49,50)52-42-40-47(3,4)5)54-46(48)39-37-35-33-31-29-27-19-17-15-13-11-9-7-2/h8,10,14,16,20-21,23-24,45H,6-7,9,11-13,15,17-19,22,25-44H2,1-5H3/p+1/b10-8-,16-14-,21-20-,24-23-. The number of hydrogen-bond donors (Lipinski definition) is 1. The van der Waals surface area contributed by atoms with Crippen LogP contribution in [0.3, 0.4) is 0 Å². The van der Waals surface area contributed by atoms with E-state index in [0.29, 0.717) is 24.1 Å². The van der Waals surface area contributed by atoms with Gasteiger partial charge in [0.2, 0.25) is 0 Å². The first-order valence-corrected chi connectivity index (χ1v) is 23.9. The van der Waals surface area contributed by atoms with Crippen molar-refractivity contribution in [2.24, 2.45) is 0 Å². The summed E-state index contributed by atoms with van der Waals surface area (Å²) in [5.74, 6) is -0.319. The van der Waals surface area contributed by atoms with Gasteiger partial charge in [-0.1, -0.05) is 172 Å². The van der Waals surface area contributed by atoms with Crippen LogP contribution in [0.5, 0.6) is 0 Å². The van der Waals surface area contributed by atoms with E-state index in [1.165, 1.54) is 96.3 Å². The average Bonchev–Trinajstić information content (AvgIpc) is 3.13. The molecule has 0 amide bonds. The van der Waals surface area contributed by atoms with Gasteiger partial charge in [-0.3, -0.25) is 13.8 Å². The topological polar surface area (TPSA) is 91.3 Å². The first kappa shape index (κ1) is 53.5. The number of likely N-dealkylation sites (N-methyl/N-ethyl adjacent to an activating group) is 1. The van der Waals surface area contributed by atoms with E-state index < -0.39 is 13.9 Å². The minimum atomic E-state index is -4.28. The number of phosphoric acid groups is 1. The van der Waals surface area contributed by atoms with Crippen LogP contribution in [0.4, 0.5) is 0 Å². The number of hydrogen-bond acceptors (Lipinski definition) is 6. The smallest absolute Gasteiger partial charge is 0.457 e. The zero-order valence-corrected chi connectivity index (χ0v) is 37.3. The summed E-state index contributed by atoms with van der Waals surface area (Å²) >= 11 is 0. The monoisotopic (exact) mass is 797 g/mol. The quantitative estimate of drug-likeness (QED) is 0.0217. The number of phosphoric ester groups is 1. The molecule has 0 fully saturated rings. The summed E-state index contributed by atoms with van der Waals surface area (Å²) in [5, 5.41) is 0. The number of ether oxygens (including phenoxy) is 2. The Kier molecular flexibility index (Phi) is 38.2. The zero-order chi connectivity index (χ0) is 40.6. The van der Waals surface area contributed by atoms with Crippen LogP contribution in [0.15, 0.2) is 48.6 Å². The molecule has 0 bridgehead atoms. The Morgan fingerprint density at radius 3 is 1.58 bits per heavy atom. The normalized spacial score (nSPS) is 14.2. The van der Waals surface area contributed by atoms with Gasteiger partial charge < -0.3 is 18.9 Å². The minimum absolute atomic E-state index is 0.0859. The van der Waals surface area contributed by atoms with Crippen LogP contribution in [0, 0.1) is 0 Å². The number of unbranched alkanes of at least 4 members (excludes halogenated alkanes) is 19. The van der Waals surface area contributed by atoms with Crippen LogP contribution in [-0.2, 0) is 27.9 Å². The van der Waals surface area contributed by atoms with Crippen LogP contribution < -0.4 is 0 Å². The fourth-order valence-electron chi connectivity index (χ4n) is 5.96. The molecule has 55 heavy (non-hydrogen) atoms. The van der Waals surface area contributed by atoms with E-state index in [4.69, 9.17) is 18.5 Å². The highest BCUT2D eigenvalue weighted by molar-refractivity contribution is 7.47. The molecule has 0 aliphatic rings. The third kappa shape index (κ3) is 43.4. The maximum absolute atomic E-state index is 12.7. The number of quaternary nitrogens is 1. The van der Waals surface area contributed by atoms with Crippen molar-refractivity contribution >= 4 is 13.8 Å². The van der Waals surface area contributed by atoms with Crippen molar-refractivity contribution in [1.29, 1.82) is 0 Å². The van der Waals surface area contributed by atoms with Gasteiger partial charge in [0.05, 0.1) is 34.4 Å². The Balaban J connectivity index is 4.22. The van der Waals surface area contributed by atoms with Crippen LogP contribution in [0.25, 0.3) is 0 Å². The van der Waals surface area contributed by atoms with Gasteiger partial charge in [0.25, 0.3) is 0 Å². The molecule has 0 saturated heterocycles. The third-order valence-electron chi connectivity index (χ3n) is 9.40. The molecule has 1 N–H and O–H groups in total. The molecule has 0 aliphatic carbocycles. The second kappa shape index (κ2) is 39.3. The zero-order valence-electron chi connectivity index (χ0n) is 36.4. The van der Waals surface area contributed by atoms with Crippen molar-refractivity contribution in [2.45, 2.75) is 187 Å². The lowest BCUT2D eigenvalue weighted by Crippen LogP contribution is -2.37. The minimum Gasteiger partial charge on any atom is -0.457 e. The number of esters is 1. The lowest BCUT2D eigenvalue weighted by molar-refractivity contribution is -0.870. The van der Waals surface area contributed by atoms with Gasteiger partial charge >= 0.3 is 13.8 Å². The van der Waals surface area contributed by atoms with E-state index in [1.54, 1.807) is 0 Å². The van der Waals surface area contributed by atoms with E-state index in [1.807, 2.05) is 21.1 Å². The van der Waals surface area contributed by atoms with Crippen molar-refractivity contribution in [2.75, 3.05) is 54.1 Å². The molecule has 0 radical (unpaired) electrons. The molecule has 8 nitrogen and oxygen atoms in total. The van der Waals surface area contributed by atoms with E-state index in [2.05, 4.69) is 62.5 Å². The molecule has 0 aromatic carbocycles. The predicted octanol–water partition coefficient (Wildman–Crippen LogP) is 13.2. The Bertz CT molecular complexity index is 1020. The maximum atomic E-state index is 12.7. The molecule has 2 atom stereocenters. The molecule has 0 aromatic heterocycles. The fraction of sp³-hybridized carbons (Fsp3) is 0.804. The van der Waals surface area contributed by atoms with Gasteiger partial charge in [0, 0.05) is 13.0 Å². The Morgan fingerprint density at radius 1 is 0.582 bits per heavy atom. The fourth-order valence-corrected chi connectivity index (χ4v) is 6.70. The van der Waals surface area contributed by atoms with Gasteiger partial charge in [-0.05, 0) is 51.4 Å². The molecule has 2 unspecified atom stereocenters. The van der Waals surface area contributed by atoms with E-state index >= 15 is 0 Å². The summed E-state index contributed by atoms with van der Waals surface area (Å²) in [6.45, 7) is 5.49. The van der Waals surface area contributed by atoms with Crippen molar-refractivity contribution < 1.29 is 37.3 Å². The highest BCUT2D eigenvalue weighted by Gasteiger charge is 2.26. The van der Waals surface area contributed by atoms with Gasteiger partial charge in [-0.15, -0.1) is 0 Å². The summed E-state index contributed by atoms with van der Waals surface area (Å²) in [7, 11) is 1.66. The van der Waals surface area contributed by atoms with Crippen LogP contribution in [0.1, 0.15) is 181 Å². The molecule has 0 aliphatic heterocycles. The first-order chi connectivity index (χ1) is 26.6. The van der Waals surface area contributed by atoms with Gasteiger partial charge in [0.15, 0.2) is 0 Å². The van der Waals surface area contributed by atoms with Crippen molar-refractivity contribution in [3.8, 4) is 0 Å². The molecular formula is C46H87NO7P+. The lowest BCUT2D eigenvalue weighted by Gasteiger charge is -2.24. The van der Waals surface area contributed by atoms with E-state index in [0.717, 1.165) is 64.2 Å². The van der Waals surface area contributed by atoms with E-state index in [9.17, 15) is 14.3 Å². The molecule has 322 valence electrons. The van der Waals surface area contributed by atoms with Gasteiger partial charge in [0.1, 0.15) is 19.3 Å². The van der Waals surface area contributed by atoms with Crippen LogP contribution in [0.2, 0.25) is 0 Å². The first-order valence-electron chi connectivity index (χ1n) is 22.4. The number of carbonyl (C=O) groups is 1. The van der Waals surface area contributed by atoms with Crippen molar-refractivity contribution in [3.05, 3.63) is 48.6 Å². The highest BCUT2D eigenvalue weighted by atomic mass is 31.2. The molecule has 0 spiro atoms. The van der Waals surface area contributed by atoms with Crippen LogP contribution >= 0.6 is 7.82 Å². The number of rotatable bonds is 41. The second-order valence-electron chi connectivity index (χ2n) is 16.1. The molecule has 0 aromatic rings. The Hall–Kier alpha value is -1.54. The van der Waals surface area contributed by atoms with Gasteiger partial charge in [-0.2, -0.15) is 0 Å². The van der Waals surface area contributed by atoms with Crippen LogP contribution in [-0.4, -0.2) is 75.6 Å². The molecular weight excluding hydrogens is 709 g/mol. The van der Waals surface area contributed by atoms with Crippen molar-refractivity contribution in [3.63, 3.8) is 0 Å². The largest absolute Gasteiger partial charge is 0.472 e. The Labute approximate surface area is 339 Å². The molecule has 0 heterocycles. The van der Waals surface area contributed by atoms with Crippen molar-refractivity contribution in [1.82, 2.24) is 0 Å². The number of nitrogens with zero attached hydrogens (tertiary/aromatic N) is 1. The summed E-state index contributed by atoms with van der Waals surface area (Å²) in [6.07, 6.45) is 47.1.